The van der Waals surface area contributed by atoms with Crippen LogP contribution in [0.25, 0.3) is 0 Å². The van der Waals surface area contributed by atoms with Crippen molar-refractivity contribution >= 4 is 23.2 Å². The Hall–Kier alpha value is -1.36. The topological polar surface area (TPSA) is 46.6 Å². The van der Waals surface area contributed by atoms with Crippen LogP contribution in [0.2, 0.25) is 0 Å². The Bertz CT molecular complexity index is 454. The van der Waals surface area contributed by atoms with Crippen LogP contribution >= 0.6 is 11.3 Å². The van der Waals surface area contributed by atoms with E-state index in [4.69, 9.17) is 0 Å². The third kappa shape index (κ3) is 4.06. The lowest BCUT2D eigenvalue weighted by Gasteiger charge is -2.19. The maximum Gasteiger partial charge on any atom is 0.325 e. The molecular formula is C14H21NO3S. The van der Waals surface area contributed by atoms with Crippen LogP contribution in [0.1, 0.15) is 40.4 Å². The van der Waals surface area contributed by atoms with Crippen LogP contribution in [-0.2, 0) is 16.0 Å². The van der Waals surface area contributed by atoms with E-state index in [9.17, 15) is 9.59 Å². The predicted molar refractivity (Wildman–Crippen MR) is 76.6 cm³/mol. The SMILES string of the molecule is CCCN(CC(=O)OC)C(=O)c1cc(C)c(CC)s1. The maximum atomic E-state index is 12.4. The highest BCUT2D eigenvalue weighted by molar-refractivity contribution is 7.14. The minimum atomic E-state index is -0.384. The van der Waals surface area contributed by atoms with Gasteiger partial charge in [0, 0.05) is 11.4 Å². The molecule has 0 aliphatic rings. The second kappa shape index (κ2) is 7.28. The fraction of sp³-hybridized carbons (Fsp3) is 0.571. The quantitative estimate of drug-likeness (QED) is 0.754. The van der Waals surface area contributed by atoms with Crippen molar-refractivity contribution in [3.63, 3.8) is 0 Å². The van der Waals surface area contributed by atoms with Gasteiger partial charge in [-0.1, -0.05) is 13.8 Å². The average Bonchev–Trinajstić information content (AvgIpc) is 2.78. The van der Waals surface area contributed by atoms with Crippen molar-refractivity contribution in [2.24, 2.45) is 0 Å². The van der Waals surface area contributed by atoms with Gasteiger partial charge in [-0.2, -0.15) is 0 Å². The first kappa shape index (κ1) is 15.7. The van der Waals surface area contributed by atoms with Crippen LogP contribution < -0.4 is 0 Å². The Morgan fingerprint density at radius 2 is 2.05 bits per heavy atom. The van der Waals surface area contributed by atoms with Gasteiger partial charge in [0.2, 0.25) is 0 Å². The molecule has 0 radical (unpaired) electrons. The number of nitrogens with zero attached hydrogens (tertiary/aromatic N) is 1. The molecule has 1 aromatic rings. The molecule has 0 fully saturated rings. The smallest absolute Gasteiger partial charge is 0.325 e. The van der Waals surface area contributed by atoms with Crippen LogP contribution in [0, 0.1) is 6.92 Å². The van der Waals surface area contributed by atoms with E-state index in [1.54, 1.807) is 4.90 Å². The Balaban J connectivity index is 2.88. The van der Waals surface area contributed by atoms with E-state index in [1.165, 1.54) is 23.3 Å². The number of methoxy groups -OCH3 is 1. The number of amides is 1. The lowest BCUT2D eigenvalue weighted by atomic mass is 10.2. The number of aryl methyl sites for hydroxylation is 2. The van der Waals surface area contributed by atoms with Crippen molar-refractivity contribution in [2.75, 3.05) is 20.2 Å². The highest BCUT2D eigenvalue weighted by atomic mass is 32.1. The summed E-state index contributed by atoms with van der Waals surface area (Å²) in [5.74, 6) is -0.467. The summed E-state index contributed by atoms with van der Waals surface area (Å²) in [5, 5.41) is 0. The summed E-state index contributed by atoms with van der Waals surface area (Å²) in [6.45, 7) is 6.64. The monoisotopic (exact) mass is 283 g/mol. The number of hydrogen-bond donors (Lipinski definition) is 0. The molecule has 0 spiro atoms. The van der Waals surface area contributed by atoms with Gasteiger partial charge in [-0.3, -0.25) is 9.59 Å². The van der Waals surface area contributed by atoms with Crippen LogP contribution in [0.15, 0.2) is 6.07 Å². The highest BCUT2D eigenvalue weighted by Crippen LogP contribution is 2.23. The molecule has 106 valence electrons. The molecule has 0 aromatic carbocycles. The van der Waals surface area contributed by atoms with Gasteiger partial charge in [-0.05, 0) is 31.4 Å². The molecule has 0 aliphatic carbocycles. The molecule has 0 bridgehead atoms. The van der Waals surface area contributed by atoms with E-state index >= 15 is 0 Å². The van der Waals surface area contributed by atoms with E-state index in [1.807, 2.05) is 19.9 Å². The molecule has 0 saturated heterocycles. The molecule has 0 saturated carbocycles. The molecule has 1 heterocycles. The van der Waals surface area contributed by atoms with Gasteiger partial charge in [0.25, 0.3) is 5.91 Å². The number of ether oxygens (including phenoxy) is 1. The third-order valence-electron chi connectivity index (χ3n) is 2.88. The number of carbonyl (C=O) groups excluding carboxylic acids is 2. The zero-order valence-electron chi connectivity index (χ0n) is 12.0. The first-order valence-electron chi connectivity index (χ1n) is 6.48. The Morgan fingerprint density at radius 3 is 2.53 bits per heavy atom. The van der Waals surface area contributed by atoms with Crippen molar-refractivity contribution < 1.29 is 14.3 Å². The van der Waals surface area contributed by atoms with E-state index < -0.39 is 0 Å². The number of carbonyl (C=O) groups is 2. The fourth-order valence-corrected chi connectivity index (χ4v) is 2.96. The summed E-state index contributed by atoms with van der Waals surface area (Å²) in [6, 6.07) is 1.91. The molecule has 4 nitrogen and oxygen atoms in total. The largest absolute Gasteiger partial charge is 0.468 e. The van der Waals surface area contributed by atoms with Gasteiger partial charge < -0.3 is 9.64 Å². The van der Waals surface area contributed by atoms with Crippen LogP contribution in [0.4, 0.5) is 0 Å². The first-order chi connectivity index (χ1) is 9.03. The summed E-state index contributed by atoms with van der Waals surface area (Å²) in [6.07, 6.45) is 1.74. The fourth-order valence-electron chi connectivity index (χ4n) is 1.87. The van der Waals surface area contributed by atoms with Crippen molar-refractivity contribution in [3.05, 3.63) is 21.4 Å². The van der Waals surface area contributed by atoms with Crippen molar-refractivity contribution in [1.29, 1.82) is 0 Å². The molecule has 0 unspecified atom stereocenters. The summed E-state index contributed by atoms with van der Waals surface area (Å²) < 4.78 is 4.63. The second-order valence-corrected chi connectivity index (χ2v) is 5.51. The average molecular weight is 283 g/mol. The Kier molecular flexibility index (Phi) is 6.02. The summed E-state index contributed by atoms with van der Waals surface area (Å²) >= 11 is 1.51. The lowest BCUT2D eigenvalue weighted by molar-refractivity contribution is -0.141. The molecule has 1 aromatic heterocycles. The van der Waals surface area contributed by atoms with Crippen molar-refractivity contribution in [3.8, 4) is 0 Å². The second-order valence-electron chi connectivity index (χ2n) is 4.37. The van der Waals surface area contributed by atoms with Crippen LogP contribution in [-0.4, -0.2) is 37.0 Å². The van der Waals surface area contributed by atoms with Crippen LogP contribution in [0.3, 0.4) is 0 Å². The number of thiophene rings is 1. The molecule has 19 heavy (non-hydrogen) atoms. The van der Waals surface area contributed by atoms with E-state index in [2.05, 4.69) is 11.7 Å². The van der Waals surface area contributed by atoms with E-state index in [0.29, 0.717) is 11.4 Å². The molecule has 5 heteroatoms. The molecule has 0 aliphatic heterocycles. The normalized spacial score (nSPS) is 10.3. The molecular weight excluding hydrogens is 262 g/mol. The van der Waals surface area contributed by atoms with Crippen LogP contribution in [0.5, 0.6) is 0 Å². The highest BCUT2D eigenvalue weighted by Gasteiger charge is 2.20. The third-order valence-corrected chi connectivity index (χ3v) is 4.25. The summed E-state index contributed by atoms with van der Waals surface area (Å²) in [5.41, 5.74) is 1.14. The summed E-state index contributed by atoms with van der Waals surface area (Å²) in [4.78, 5) is 27.2. The molecule has 0 N–H and O–H groups in total. The standard InChI is InChI=1S/C14H21NO3S/c1-5-7-15(9-13(16)18-4)14(17)12-8-10(3)11(6-2)19-12/h8H,5-7,9H2,1-4H3. The van der Waals surface area contributed by atoms with Gasteiger partial charge in [0.15, 0.2) is 0 Å². The molecule has 1 amide bonds. The summed E-state index contributed by atoms with van der Waals surface area (Å²) in [7, 11) is 1.33. The predicted octanol–water partition coefficient (Wildman–Crippen LogP) is 2.64. The zero-order valence-corrected chi connectivity index (χ0v) is 12.8. The van der Waals surface area contributed by atoms with Gasteiger partial charge in [-0.15, -0.1) is 11.3 Å². The molecule has 1 rings (SSSR count). The first-order valence-corrected chi connectivity index (χ1v) is 7.30. The Morgan fingerprint density at radius 1 is 1.37 bits per heavy atom. The minimum absolute atomic E-state index is 0.0155. The number of hydrogen-bond acceptors (Lipinski definition) is 4. The van der Waals surface area contributed by atoms with Gasteiger partial charge in [-0.25, -0.2) is 0 Å². The maximum absolute atomic E-state index is 12.4. The minimum Gasteiger partial charge on any atom is -0.468 e. The molecule has 0 atom stereocenters. The van der Waals surface area contributed by atoms with Gasteiger partial charge >= 0.3 is 5.97 Å². The van der Waals surface area contributed by atoms with Gasteiger partial charge in [0.1, 0.15) is 6.54 Å². The lowest BCUT2D eigenvalue weighted by Crippen LogP contribution is -2.36. The Labute approximate surface area is 118 Å². The van der Waals surface area contributed by atoms with E-state index in [-0.39, 0.29) is 18.4 Å². The van der Waals surface area contributed by atoms with Gasteiger partial charge in [0.05, 0.1) is 12.0 Å². The van der Waals surface area contributed by atoms with Crippen molar-refractivity contribution in [2.45, 2.75) is 33.6 Å². The zero-order chi connectivity index (χ0) is 14.4. The van der Waals surface area contributed by atoms with E-state index in [0.717, 1.165) is 18.4 Å². The van der Waals surface area contributed by atoms with Crippen molar-refractivity contribution in [1.82, 2.24) is 4.90 Å². The number of esters is 1. The number of rotatable bonds is 6.